The molecule has 1 atom stereocenters. The summed E-state index contributed by atoms with van der Waals surface area (Å²) in [6.45, 7) is 4.96. The maximum atomic E-state index is 12.2. The van der Waals surface area contributed by atoms with Crippen LogP contribution in [0.2, 0.25) is 0 Å². The highest BCUT2D eigenvalue weighted by Gasteiger charge is 2.07. The van der Waals surface area contributed by atoms with Crippen LogP contribution in [0.5, 0.6) is 0 Å². The number of ketones is 1. The van der Waals surface area contributed by atoms with Crippen LogP contribution in [0.1, 0.15) is 264 Å². The summed E-state index contributed by atoms with van der Waals surface area (Å²) in [5.41, 5.74) is 0. The fraction of sp³-hybridized carbons (Fsp3) is 0.915. The number of carbonyl (C=O) groups excluding carboxylic acids is 2. The van der Waals surface area contributed by atoms with Crippen LogP contribution in [0.4, 0.5) is 0 Å². The predicted octanol–water partition coefficient (Wildman–Crippen LogP) is 14.8. The average Bonchev–Trinajstić information content (AvgIpc) is 3.13. The Kier molecular flexibility index (Phi) is 42.3. The van der Waals surface area contributed by atoms with Gasteiger partial charge in [0.1, 0.15) is 5.78 Å². The molecule has 0 saturated carbocycles. The first-order chi connectivity index (χ1) is 25.1. The van der Waals surface area contributed by atoms with E-state index in [0.717, 1.165) is 51.4 Å². The molecule has 302 valence electrons. The van der Waals surface area contributed by atoms with Crippen molar-refractivity contribution in [3.05, 3.63) is 12.2 Å². The molecule has 0 aromatic heterocycles. The lowest BCUT2D eigenvalue weighted by Crippen LogP contribution is -2.31. The molecule has 0 heterocycles. The Labute approximate surface area is 320 Å². The van der Waals surface area contributed by atoms with E-state index in [0.29, 0.717) is 18.7 Å². The van der Waals surface area contributed by atoms with E-state index >= 15 is 0 Å². The number of carbonyl (C=O) groups is 2. The number of aliphatic hydroxyl groups excluding tert-OH is 1. The molecule has 1 amide bonds. The first-order valence-corrected chi connectivity index (χ1v) is 23.2. The Morgan fingerprint density at radius 2 is 0.745 bits per heavy atom. The minimum Gasteiger partial charge on any atom is -0.391 e. The smallest absolute Gasteiger partial charge is 0.220 e. The van der Waals surface area contributed by atoms with Gasteiger partial charge in [0.25, 0.3) is 0 Å². The lowest BCUT2D eigenvalue weighted by molar-refractivity contribution is -0.121. The molecule has 0 aromatic rings. The molecule has 0 saturated heterocycles. The van der Waals surface area contributed by atoms with Crippen molar-refractivity contribution >= 4 is 11.7 Å². The molecular formula is C47H91NO3. The van der Waals surface area contributed by atoms with Gasteiger partial charge in [-0.25, -0.2) is 0 Å². The zero-order valence-electron chi connectivity index (χ0n) is 34.8. The predicted molar refractivity (Wildman–Crippen MR) is 225 cm³/mol. The van der Waals surface area contributed by atoms with Gasteiger partial charge in [0.05, 0.1) is 6.10 Å². The number of allylic oxidation sites excluding steroid dienone is 2. The molecule has 0 aliphatic heterocycles. The number of amides is 1. The van der Waals surface area contributed by atoms with Crippen molar-refractivity contribution in [3.63, 3.8) is 0 Å². The summed E-state index contributed by atoms with van der Waals surface area (Å²) in [6.07, 6.45) is 52.1. The number of nitrogens with one attached hydrogen (secondary N) is 1. The Bertz CT molecular complexity index is 735. The number of Topliss-reactive ketones (excluding diaryl/α,β-unsaturated/α-hetero) is 1. The Hall–Kier alpha value is -1.16. The molecular weight excluding hydrogens is 627 g/mol. The number of aliphatic hydroxyl groups is 1. The molecule has 2 N–H and O–H groups in total. The molecule has 0 rings (SSSR count). The van der Waals surface area contributed by atoms with Crippen molar-refractivity contribution in [2.75, 3.05) is 6.54 Å². The first-order valence-electron chi connectivity index (χ1n) is 23.2. The molecule has 1 unspecified atom stereocenters. The lowest BCUT2D eigenvalue weighted by atomic mass is 10.0. The third-order valence-electron chi connectivity index (χ3n) is 10.8. The van der Waals surface area contributed by atoms with Gasteiger partial charge in [-0.1, -0.05) is 206 Å². The van der Waals surface area contributed by atoms with Crippen molar-refractivity contribution in [2.24, 2.45) is 0 Å². The molecule has 0 aromatic carbocycles. The molecule has 51 heavy (non-hydrogen) atoms. The normalized spacial score (nSPS) is 12.2. The molecule has 0 spiro atoms. The van der Waals surface area contributed by atoms with Gasteiger partial charge in [-0.3, -0.25) is 9.59 Å². The van der Waals surface area contributed by atoms with Crippen LogP contribution in [0.25, 0.3) is 0 Å². The summed E-state index contributed by atoms with van der Waals surface area (Å²) in [5.74, 6) is 0.551. The van der Waals surface area contributed by atoms with Crippen LogP contribution in [0.15, 0.2) is 12.2 Å². The molecule has 4 nitrogen and oxygen atoms in total. The lowest BCUT2D eigenvalue weighted by Gasteiger charge is -2.12. The number of rotatable bonds is 43. The van der Waals surface area contributed by atoms with Crippen LogP contribution in [0.3, 0.4) is 0 Å². The Morgan fingerprint density at radius 3 is 1.14 bits per heavy atom. The van der Waals surface area contributed by atoms with Gasteiger partial charge in [-0.05, 0) is 51.4 Å². The van der Waals surface area contributed by atoms with Crippen molar-refractivity contribution in [1.29, 1.82) is 0 Å². The van der Waals surface area contributed by atoms with Crippen molar-refractivity contribution < 1.29 is 14.7 Å². The second kappa shape index (κ2) is 43.2. The third kappa shape index (κ3) is 43.1. The van der Waals surface area contributed by atoms with Crippen LogP contribution in [-0.2, 0) is 9.59 Å². The standard InChI is InChI=1S/C47H91NO3/c1-3-5-7-9-11-13-15-17-19-21-22-24-28-32-36-40-45(49)41-37-33-29-26-27-31-35-39-43-47(51)48-44-46(50)42-38-34-30-25-23-20-18-16-14-12-10-8-6-4-2/h17,19,46,50H,3-16,18,20-44H2,1-2H3,(H,48,51)/b19-17-. The van der Waals surface area contributed by atoms with Crippen molar-refractivity contribution in [1.82, 2.24) is 5.32 Å². The molecule has 0 bridgehead atoms. The van der Waals surface area contributed by atoms with Gasteiger partial charge < -0.3 is 10.4 Å². The van der Waals surface area contributed by atoms with Gasteiger partial charge in [0.15, 0.2) is 0 Å². The van der Waals surface area contributed by atoms with E-state index in [1.165, 1.54) is 193 Å². The average molecular weight is 718 g/mol. The van der Waals surface area contributed by atoms with Crippen LogP contribution in [0, 0.1) is 0 Å². The van der Waals surface area contributed by atoms with Crippen LogP contribution >= 0.6 is 0 Å². The second-order valence-electron chi connectivity index (χ2n) is 16.0. The van der Waals surface area contributed by atoms with Gasteiger partial charge in [-0.15, -0.1) is 0 Å². The maximum Gasteiger partial charge on any atom is 0.220 e. The Morgan fingerprint density at radius 1 is 0.431 bits per heavy atom. The highest BCUT2D eigenvalue weighted by Crippen LogP contribution is 2.16. The highest BCUT2D eigenvalue weighted by molar-refractivity contribution is 5.78. The van der Waals surface area contributed by atoms with Gasteiger partial charge >= 0.3 is 0 Å². The Balaban J connectivity index is 3.34. The third-order valence-corrected chi connectivity index (χ3v) is 10.8. The second-order valence-corrected chi connectivity index (χ2v) is 16.0. The van der Waals surface area contributed by atoms with Crippen LogP contribution in [-0.4, -0.2) is 29.4 Å². The summed E-state index contributed by atoms with van der Waals surface area (Å²) in [4.78, 5) is 24.4. The zero-order chi connectivity index (χ0) is 37.1. The monoisotopic (exact) mass is 718 g/mol. The van der Waals surface area contributed by atoms with E-state index in [1.54, 1.807) is 0 Å². The summed E-state index contributed by atoms with van der Waals surface area (Å²) in [5, 5.41) is 13.2. The fourth-order valence-electron chi connectivity index (χ4n) is 7.18. The zero-order valence-corrected chi connectivity index (χ0v) is 34.8. The number of hydrogen-bond donors (Lipinski definition) is 2. The molecule has 0 aliphatic carbocycles. The van der Waals surface area contributed by atoms with Gasteiger partial charge in [-0.2, -0.15) is 0 Å². The topological polar surface area (TPSA) is 66.4 Å². The minimum absolute atomic E-state index is 0.0847. The van der Waals surface area contributed by atoms with E-state index < -0.39 is 6.10 Å². The number of hydrogen-bond acceptors (Lipinski definition) is 3. The first kappa shape index (κ1) is 49.8. The number of unbranched alkanes of at least 4 members (excludes halogenated alkanes) is 31. The quantitative estimate of drug-likeness (QED) is 0.0487. The van der Waals surface area contributed by atoms with E-state index in [4.69, 9.17) is 0 Å². The summed E-state index contributed by atoms with van der Waals surface area (Å²) in [7, 11) is 0. The fourth-order valence-corrected chi connectivity index (χ4v) is 7.18. The van der Waals surface area contributed by atoms with E-state index in [2.05, 4.69) is 31.3 Å². The summed E-state index contributed by atoms with van der Waals surface area (Å²) in [6, 6.07) is 0. The largest absolute Gasteiger partial charge is 0.391 e. The van der Waals surface area contributed by atoms with Crippen molar-refractivity contribution in [2.45, 2.75) is 270 Å². The van der Waals surface area contributed by atoms with E-state index in [1.807, 2.05) is 0 Å². The maximum absolute atomic E-state index is 12.2. The van der Waals surface area contributed by atoms with Crippen molar-refractivity contribution in [3.8, 4) is 0 Å². The molecule has 0 radical (unpaired) electrons. The summed E-state index contributed by atoms with van der Waals surface area (Å²) < 4.78 is 0. The molecule has 4 heteroatoms. The van der Waals surface area contributed by atoms with E-state index in [9.17, 15) is 14.7 Å². The highest BCUT2D eigenvalue weighted by atomic mass is 16.3. The molecule has 0 fully saturated rings. The summed E-state index contributed by atoms with van der Waals surface area (Å²) >= 11 is 0. The van der Waals surface area contributed by atoms with Crippen LogP contribution < -0.4 is 5.32 Å². The SMILES string of the molecule is CCCCCCCC/C=C\CCCCCCCC(=O)CCCCCCCCCCC(=O)NCC(O)CCCCCCCCCCCCCCCC. The minimum atomic E-state index is -0.409. The van der Waals surface area contributed by atoms with Gasteiger partial charge in [0.2, 0.25) is 5.91 Å². The molecule has 0 aliphatic rings. The van der Waals surface area contributed by atoms with Gasteiger partial charge in [0, 0.05) is 25.8 Å². The van der Waals surface area contributed by atoms with E-state index in [-0.39, 0.29) is 5.91 Å².